The van der Waals surface area contributed by atoms with Gasteiger partial charge in [-0.05, 0) is 19.3 Å². The Balaban J connectivity index is 2.61. The van der Waals surface area contributed by atoms with Crippen LogP contribution in [0.25, 0.3) is 0 Å². The van der Waals surface area contributed by atoms with Gasteiger partial charge in [-0.3, -0.25) is 0 Å². The first-order valence-electron chi connectivity index (χ1n) is 3.87. The second kappa shape index (κ2) is 3.20. The molecule has 3 atom stereocenters. The van der Waals surface area contributed by atoms with Crippen molar-refractivity contribution < 1.29 is 17.6 Å². The van der Waals surface area contributed by atoms with Crippen LogP contribution in [0.15, 0.2) is 0 Å². The lowest BCUT2D eigenvalue weighted by Gasteiger charge is -2.31. The highest BCUT2D eigenvalue weighted by Crippen LogP contribution is 2.38. The van der Waals surface area contributed by atoms with E-state index in [-0.39, 0.29) is 12.8 Å². The smallest absolute Gasteiger partial charge is 0.328 e. The van der Waals surface area contributed by atoms with Crippen molar-refractivity contribution in [3.8, 4) is 0 Å². The van der Waals surface area contributed by atoms with Crippen LogP contribution in [-0.2, 0) is 0 Å². The molecule has 3 unspecified atom stereocenters. The Bertz CT molecular complexity index is 156. The van der Waals surface area contributed by atoms with Gasteiger partial charge in [0.2, 0.25) is 0 Å². The van der Waals surface area contributed by atoms with E-state index in [4.69, 9.17) is 5.73 Å². The van der Waals surface area contributed by atoms with Gasteiger partial charge in [0.05, 0.1) is 5.92 Å². The second-order valence-electron chi connectivity index (χ2n) is 3.24. The van der Waals surface area contributed by atoms with E-state index in [0.717, 1.165) is 0 Å². The van der Waals surface area contributed by atoms with Crippen LogP contribution in [0.4, 0.5) is 17.6 Å². The first-order valence-corrected chi connectivity index (χ1v) is 3.87. The first kappa shape index (κ1) is 9.77. The third-order valence-electron chi connectivity index (χ3n) is 2.23. The molecule has 0 heterocycles. The summed E-state index contributed by atoms with van der Waals surface area (Å²) >= 11 is 0. The van der Waals surface area contributed by atoms with Crippen molar-refractivity contribution >= 4 is 0 Å². The molecule has 1 aliphatic carbocycles. The van der Waals surface area contributed by atoms with E-state index in [9.17, 15) is 17.6 Å². The van der Waals surface area contributed by atoms with Gasteiger partial charge in [-0.15, -0.1) is 0 Å². The molecule has 1 aliphatic rings. The summed E-state index contributed by atoms with van der Waals surface area (Å²) in [6, 6.07) is -0.497. The van der Waals surface area contributed by atoms with E-state index < -0.39 is 24.3 Å². The molecule has 2 N–H and O–H groups in total. The van der Waals surface area contributed by atoms with E-state index >= 15 is 0 Å². The van der Waals surface area contributed by atoms with Crippen molar-refractivity contribution in [2.45, 2.75) is 37.7 Å². The zero-order valence-electron chi connectivity index (χ0n) is 6.44. The third kappa shape index (κ3) is 2.09. The standard InChI is InChI=1S/C7H11F4N/c8-6-2-1-4(12)3-5(6)7(9,10)11/h4-6H,1-3,12H2. The molecule has 0 aromatic heterocycles. The molecule has 1 saturated carbocycles. The number of alkyl halides is 4. The number of hydrogen-bond acceptors (Lipinski definition) is 1. The van der Waals surface area contributed by atoms with E-state index in [1.807, 2.05) is 0 Å². The van der Waals surface area contributed by atoms with Gasteiger partial charge in [-0.25, -0.2) is 4.39 Å². The van der Waals surface area contributed by atoms with Crippen molar-refractivity contribution in [3.63, 3.8) is 0 Å². The van der Waals surface area contributed by atoms with Crippen LogP contribution in [0.2, 0.25) is 0 Å². The molecule has 0 bridgehead atoms. The molecule has 5 heteroatoms. The summed E-state index contributed by atoms with van der Waals surface area (Å²) in [5, 5.41) is 0. The highest BCUT2D eigenvalue weighted by molar-refractivity contribution is 4.85. The minimum atomic E-state index is -4.43. The van der Waals surface area contributed by atoms with Crippen LogP contribution in [0.5, 0.6) is 0 Å². The quantitative estimate of drug-likeness (QED) is 0.574. The molecule has 1 rings (SSSR count). The Morgan fingerprint density at radius 3 is 2.17 bits per heavy atom. The largest absolute Gasteiger partial charge is 0.394 e. The normalized spacial score (nSPS) is 38.2. The molecule has 0 radical (unpaired) electrons. The fourth-order valence-electron chi connectivity index (χ4n) is 1.50. The third-order valence-corrected chi connectivity index (χ3v) is 2.23. The molecule has 1 nitrogen and oxygen atoms in total. The van der Waals surface area contributed by atoms with Gasteiger partial charge in [0.25, 0.3) is 0 Å². The number of hydrogen-bond donors (Lipinski definition) is 1. The Kier molecular flexibility index (Phi) is 2.61. The highest BCUT2D eigenvalue weighted by atomic mass is 19.4. The first-order chi connectivity index (χ1) is 5.41. The van der Waals surface area contributed by atoms with Crippen LogP contribution in [0, 0.1) is 5.92 Å². The summed E-state index contributed by atoms with van der Waals surface area (Å²) in [5.41, 5.74) is 5.32. The lowest BCUT2D eigenvalue weighted by atomic mass is 9.84. The zero-order chi connectivity index (χ0) is 9.35. The van der Waals surface area contributed by atoms with E-state index in [1.165, 1.54) is 0 Å². The predicted molar refractivity (Wildman–Crippen MR) is 36.3 cm³/mol. The molecule has 1 fully saturated rings. The van der Waals surface area contributed by atoms with Crippen molar-refractivity contribution in [3.05, 3.63) is 0 Å². The maximum atomic E-state index is 12.7. The van der Waals surface area contributed by atoms with Gasteiger partial charge >= 0.3 is 6.18 Å². The fourth-order valence-corrected chi connectivity index (χ4v) is 1.50. The predicted octanol–water partition coefficient (Wildman–Crippen LogP) is 2.01. The van der Waals surface area contributed by atoms with Crippen molar-refractivity contribution in [2.75, 3.05) is 0 Å². The molecule has 0 amide bonds. The van der Waals surface area contributed by atoms with E-state index in [2.05, 4.69) is 0 Å². The molecule has 0 aliphatic heterocycles. The molecule has 0 aromatic rings. The van der Waals surface area contributed by atoms with Gasteiger partial charge in [0.1, 0.15) is 6.17 Å². The van der Waals surface area contributed by atoms with Crippen LogP contribution in [0.3, 0.4) is 0 Å². The van der Waals surface area contributed by atoms with Crippen molar-refractivity contribution in [1.82, 2.24) is 0 Å². The number of rotatable bonds is 0. The minimum Gasteiger partial charge on any atom is -0.328 e. The summed E-state index contributed by atoms with van der Waals surface area (Å²) in [4.78, 5) is 0. The van der Waals surface area contributed by atoms with E-state index in [1.54, 1.807) is 0 Å². The number of nitrogens with two attached hydrogens (primary N) is 1. The minimum absolute atomic E-state index is 0.0641. The van der Waals surface area contributed by atoms with Gasteiger partial charge < -0.3 is 5.73 Å². The lowest BCUT2D eigenvalue weighted by Crippen LogP contribution is -2.41. The molecular weight excluding hydrogens is 174 g/mol. The monoisotopic (exact) mass is 185 g/mol. The van der Waals surface area contributed by atoms with Gasteiger partial charge in [-0.1, -0.05) is 0 Å². The van der Waals surface area contributed by atoms with E-state index in [0.29, 0.717) is 6.42 Å². The topological polar surface area (TPSA) is 26.0 Å². The van der Waals surface area contributed by atoms with Gasteiger partial charge in [0, 0.05) is 6.04 Å². The molecular formula is C7H11F4N. The maximum Gasteiger partial charge on any atom is 0.394 e. The summed E-state index contributed by atoms with van der Waals surface area (Å²) in [6.45, 7) is 0. The van der Waals surface area contributed by atoms with Gasteiger partial charge in [-0.2, -0.15) is 13.2 Å². The molecule has 12 heavy (non-hydrogen) atoms. The lowest BCUT2D eigenvalue weighted by molar-refractivity contribution is -0.199. The molecule has 0 aromatic carbocycles. The fraction of sp³-hybridized carbons (Fsp3) is 1.00. The summed E-state index contributed by atoms with van der Waals surface area (Å²) in [5.74, 6) is -1.85. The highest BCUT2D eigenvalue weighted by Gasteiger charge is 2.47. The summed E-state index contributed by atoms with van der Waals surface area (Å²) < 4.78 is 49.0. The maximum absolute atomic E-state index is 12.7. The Morgan fingerprint density at radius 2 is 1.75 bits per heavy atom. The van der Waals surface area contributed by atoms with Gasteiger partial charge in [0.15, 0.2) is 0 Å². The average molecular weight is 185 g/mol. The Morgan fingerprint density at radius 1 is 1.17 bits per heavy atom. The zero-order valence-corrected chi connectivity index (χ0v) is 6.44. The van der Waals surface area contributed by atoms with Crippen LogP contribution in [-0.4, -0.2) is 18.4 Å². The number of halogens is 4. The second-order valence-corrected chi connectivity index (χ2v) is 3.24. The summed E-state index contributed by atoms with van der Waals surface area (Å²) in [6.07, 6.45) is -6.17. The average Bonchev–Trinajstić information content (AvgIpc) is 1.92. The molecule has 0 saturated heterocycles. The van der Waals surface area contributed by atoms with Crippen LogP contribution < -0.4 is 5.73 Å². The van der Waals surface area contributed by atoms with Crippen molar-refractivity contribution in [2.24, 2.45) is 11.7 Å². The van der Waals surface area contributed by atoms with Crippen LogP contribution >= 0.6 is 0 Å². The Hall–Kier alpha value is -0.320. The SMILES string of the molecule is NC1CCC(F)C(C(F)(F)F)C1. The van der Waals surface area contributed by atoms with Crippen molar-refractivity contribution in [1.29, 1.82) is 0 Å². The Labute approximate surface area is 67.9 Å². The van der Waals surface area contributed by atoms with Crippen LogP contribution in [0.1, 0.15) is 19.3 Å². The summed E-state index contributed by atoms with van der Waals surface area (Å²) in [7, 11) is 0. The molecule has 0 spiro atoms. The molecule has 72 valence electrons.